The van der Waals surface area contributed by atoms with Crippen LogP contribution >= 0.6 is 0 Å². The largest absolute Gasteiger partial charge is 0.369 e. The molecule has 2 unspecified atom stereocenters. The molecule has 0 bridgehead atoms. The number of anilines is 1. The molecule has 0 radical (unpaired) electrons. The summed E-state index contributed by atoms with van der Waals surface area (Å²) in [6.07, 6.45) is 1.01. The molecule has 15 heavy (non-hydrogen) atoms. The van der Waals surface area contributed by atoms with Gasteiger partial charge in [0.2, 0.25) is 0 Å². The Kier molecular flexibility index (Phi) is 4.17. The number of nitriles is 1. The fraction of sp³-hybridized carbons (Fsp3) is 0.462. The molecule has 1 rings (SSSR count). The van der Waals surface area contributed by atoms with Crippen molar-refractivity contribution < 1.29 is 0 Å². The molecule has 0 aromatic heterocycles. The molecule has 1 N–H and O–H groups in total. The van der Waals surface area contributed by atoms with Crippen molar-refractivity contribution >= 4 is 5.69 Å². The standard InChI is InChI=1S/C13H18N2/c1-4-10(2)13(9-14)15-12-8-6-5-7-11(12)3/h5-8,10,13,15H,4H2,1-3H3. The van der Waals surface area contributed by atoms with E-state index in [2.05, 4.69) is 25.2 Å². The maximum absolute atomic E-state index is 9.07. The molecule has 2 nitrogen and oxygen atoms in total. The zero-order valence-electron chi connectivity index (χ0n) is 9.62. The summed E-state index contributed by atoms with van der Waals surface area (Å²) in [5, 5.41) is 12.4. The quantitative estimate of drug-likeness (QED) is 0.812. The second-order valence-corrected chi connectivity index (χ2v) is 3.95. The maximum atomic E-state index is 9.07. The van der Waals surface area contributed by atoms with Crippen LogP contribution in [0.5, 0.6) is 0 Å². The van der Waals surface area contributed by atoms with Gasteiger partial charge in [-0.05, 0) is 24.5 Å². The number of nitrogens with one attached hydrogen (secondary N) is 1. The molecule has 0 spiro atoms. The Hall–Kier alpha value is -1.49. The van der Waals surface area contributed by atoms with Crippen LogP contribution in [-0.2, 0) is 0 Å². The van der Waals surface area contributed by atoms with Crippen molar-refractivity contribution in [2.45, 2.75) is 33.2 Å². The number of rotatable bonds is 4. The van der Waals surface area contributed by atoms with Gasteiger partial charge in [-0.1, -0.05) is 38.5 Å². The van der Waals surface area contributed by atoms with Crippen LogP contribution in [0.15, 0.2) is 24.3 Å². The molecular formula is C13H18N2. The molecule has 0 fully saturated rings. The summed E-state index contributed by atoms with van der Waals surface area (Å²) in [6.45, 7) is 6.25. The molecule has 0 aliphatic rings. The van der Waals surface area contributed by atoms with Crippen molar-refractivity contribution in [3.63, 3.8) is 0 Å². The van der Waals surface area contributed by atoms with Crippen molar-refractivity contribution in [2.75, 3.05) is 5.32 Å². The third kappa shape index (κ3) is 2.99. The predicted octanol–water partition coefficient (Wildman–Crippen LogP) is 3.35. The molecule has 2 heteroatoms. The van der Waals surface area contributed by atoms with Crippen molar-refractivity contribution in [3.05, 3.63) is 29.8 Å². The van der Waals surface area contributed by atoms with Crippen molar-refractivity contribution in [3.8, 4) is 6.07 Å². The highest BCUT2D eigenvalue weighted by Crippen LogP contribution is 2.18. The third-order valence-corrected chi connectivity index (χ3v) is 2.81. The van der Waals surface area contributed by atoms with E-state index < -0.39 is 0 Å². The van der Waals surface area contributed by atoms with Crippen LogP contribution in [0.4, 0.5) is 5.69 Å². The summed E-state index contributed by atoms with van der Waals surface area (Å²) in [5.41, 5.74) is 2.24. The highest BCUT2D eigenvalue weighted by molar-refractivity contribution is 5.51. The predicted molar refractivity (Wildman–Crippen MR) is 63.7 cm³/mol. The first kappa shape index (κ1) is 11.6. The number of benzene rings is 1. The Morgan fingerprint density at radius 1 is 1.40 bits per heavy atom. The Labute approximate surface area is 91.9 Å². The molecule has 2 atom stereocenters. The summed E-state index contributed by atoms with van der Waals surface area (Å²) < 4.78 is 0. The minimum Gasteiger partial charge on any atom is -0.369 e. The van der Waals surface area contributed by atoms with Gasteiger partial charge >= 0.3 is 0 Å². The van der Waals surface area contributed by atoms with E-state index in [1.54, 1.807) is 0 Å². The highest BCUT2D eigenvalue weighted by Gasteiger charge is 2.14. The summed E-state index contributed by atoms with van der Waals surface area (Å²) in [4.78, 5) is 0. The van der Waals surface area contributed by atoms with Gasteiger partial charge in [0.25, 0.3) is 0 Å². The van der Waals surface area contributed by atoms with Gasteiger partial charge in [0.15, 0.2) is 0 Å². The normalized spacial score (nSPS) is 14.0. The fourth-order valence-corrected chi connectivity index (χ4v) is 1.44. The third-order valence-electron chi connectivity index (χ3n) is 2.81. The van der Waals surface area contributed by atoms with E-state index in [0.717, 1.165) is 12.1 Å². The van der Waals surface area contributed by atoms with Gasteiger partial charge in [-0.2, -0.15) is 5.26 Å². The Bertz CT molecular complexity index is 352. The maximum Gasteiger partial charge on any atom is 0.117 e. The van der Waals surface area contributed by atoms with Crippen LogP contribution in [0.25, 0.3) is 0 Å². The van der Waals surface area contributed by atoms with E-state index in [1.165, 1.54) is 5.56 Å². The second kappa shape index (κ2) is 5.41. The van der Waals surface area contributed by atoms with Crippen LogP contribution in [0.1, 0.15) is 25.8 Å². The highest BCUT2D eigenvalue weighted by atomic mass is 14.9. The molecule has 0 aliphatic heterocycles. The van der Waals surface area contributed by atoms with Gasteiger partial charge in [0, 0.05) is 5.69 Å². The summed E-state index contributed by atoms with van der Waals surface area (Å²) in [6, 6.07) is 10.3. The number of para-hydroxylation sites is 1. The molecule has 1 aromatic carbocycles. The smallest absolute Gasteiger partial charge is 0.117 e. The van der Waals surface area contributed by atoms with Crippen LogP contribution in [0.2, 0.25) is 0 Å². The minimum atomic E-state index is -0.101. The van der Waals surface area contributed by atoms with Crippen LogP contribution in [0, 0.1) is 24.2 Å². The molecule has 0 heterocycles. The van der Waals surface area contributed by atoms with Gasteiger partial charge < -0.3 is 5.32 Å². The van der Waals surface area contributed by atoms with E-state index in [-0.39, 0.29) is 6.04 Å². The average Bonchev–Trinajstić information content (AvgIpc) is 2.27. The number of aryl methyl sites for hydroxylation is 1. The molecule has 0 saturated carbocycles. The van der Waals surface area contributed by atoms with E-state index in [0.29, 0.717) is 5.92 Å². The minimum absolute atomic E-state index is 0.101. The second-order valence-electron chi connectivity index (χ2n) is 3.95. The first-order valence-corrected chi connectivity index (χ1v) is 5.40. The number of hydrogen-bond donors (Lipinski definition) is 1. The van der Waals surface area contributed by atoms with Crippen LogP contribution < -0.4 is 5.32 Å². The molecule has 1 aromatic rings. The van der Waals surface area contributed by atoms with E-state index in [9.17, 15) is 0 Å². The lowest BCUT2D eigenvalue weighted by molar-refractivity contribution is 0.532. The lowest BCUT2D eigenvalue weighted by Gasteiger charge is -2.19. The monoisotopic (exact) mass is 202 g/mol. The first-order chi connectivity index (χ1) is 7.19. The zero-order chi connectivity index (χ0) is 11.3. The number of nitrogens with zero attached hydrogens (tertiary/aromatic N) is 1. The van der Waals surface area contributed by atoms with Gasteiger partial charge in [-0.25, -0.2) is 0 Å². The van der Waals surface area contributed by atoms with Crippen LogP contribution in [0.3, 0.4) is 0 Å². The molecule has 0 saturated heterocycles. The lowest BCUT2D eigenvalue weighted by atomic mass is 10.00. The van der Waals surface area contributed by atoms with E-state index in [4.69, 9.17) is 5.26 Å². The topological polar surface area (TPSA) is 35.8 Å². The molecular weight excluding hydrogens is 184 g/mol. The molecule has 80 valence electrons. The van der Waals surface area contributed by atoms with E-state index in [1.807, 2.05) is 31.2 Å². The van der Waals surface area contributed by atoms with Gasteiger partial charge in [-0.15, -0.1) is 0 Å². The Balaban J connectivity index is 2.76. The molecule has 0 aliphatic carbocycles. The van der Waals surface area contributed by atoms with Crippen molar-refractivity contribution in [1.29, 1.82) is 5.26 Å². The van der Waals surface area contributed by atoms with Gasteiger partial charge in [0.05, 0.1) is 6.07 Å². The fourth-order valence-electron chi connectivity index (χ4n) is 1.44. The summed E-state index contributed by atoms with van der Waals surface area (Å²) >= 11 is 0. The van der Waals surface area contributed by atoms with Gasteiger partial charge in [0.1, 0.15) is 6.04 Å². The SMILES string of the molecule is CCC(C)C(C#N)Nc1ccccc1C. The molecule has 0 amide bonds. The summed E-state index contributed by atoms with van der Waals surface area (Å²) in [7, 11) is 0. The van der Waals surface area contributed by atoms with Crippen LogP contribution in [-0.4, -0.2) is 6.04 Å². The van der Waals surface area contributed by atoms with E-state index >= 15 is 0 Å². The Morgan fingerprint density at radius 3 is 2.60 bits per heavy atom. The average molecular weight is 202 g/mol. The number of hydrogen-bond acceptors (Lipinski definition) is 2. The first-order valence-electron chi connectivity index (χ1n) is 5.40. The lowest BCUT2D eigenvalue weighted by Crippen LogP contribution is -2.25. The zero-order valence-corrected chi connectivity index (χ0v) is 9.62. The van der Waals surface area contributed by atoms with Crippen molar-refractivity contribution in [1.82, 2.24) is 0 Å². The summed E-state index contributed by atoms with van der Waals surface area (Å²) in [5.74, 6) is 0.370. The van der Waals surface area contributed by atoms with Gasteiger partial charge in [-0.3, -0.25) is 0 Å². The van der Waals surface area contributed by atoms with Crippen molar-refractivity contribution in [2.24, 2.45) is 5.92 Å². The Morgan fingerprint density at radius 2 is 2.07 bits per heavy atom.